The predicted molar refractivity (Wildman–Crippen MR) is 86.2 cm³/mol. The number of hydrogen-bond donors (Lipinski definition) is 1. The number of benzene rings is 2. The number of nitrogens with one attached hydrogen (secondary N) is 1. The van der Waals surface area contributed by atoms with Gasteiger partial charge in [0.05, 0.1) is 5.54 Å². The van der Waals surface area contributed by atoms with Crippen LogP contribution >= 0.6 is 11.8 Å². The molecule has 98 valence electrons. The summed E-state index contributed by atoms with van der Waals surface area (Å²) in [6, 6.07) is 14.9. The zero-order valence-electron chi connectivity index (χ0n) is 11.3. The Morgan fingerprint density at radius 1 is 1.21 bits per heavy atom. The predicted octanol–water partition coefficient (Wildman–Crippen LogP) is 4.52. The first-order valence-corrected chi connectivity index (χ1v) is 7.66. The van der Waals surface area contributed by atoms with E-state index in [0.717, 1.165) is 23.0 Å². The summed E-state index contributed by atoms with van der Waals surface area (Å²) in [5.74, 6) is 1.07. The molecule has 19 heavy (non-hydrogen) atoms. The Morgan fingerprint density at radius 2 is 2.00 bits per heavy atom. The number of rotatable bonds is 2. The van der Waals surface area contributed by atoms with Gasteiger partial charge in [-0.25, -0.2) is 0 Å². The second-order valence-electron chi connectivity index (χ2n) is 5.24. The van der Waals surface area contributed by atoms with Crippen molar-refractivity contribution in [3.8, 4) is 0 Å². The van der Waals surface area contributed by atoms with Crippen LogP contribution in [0.25, 0.3) is 10.8 Å². The van der Waals surface area contributed by atoms with E-state index in [1.54, 1.807) is 0 Å². The minimum Gasteiger partial charge on any atom is -0.335 e. The number of amidine groups is 1. The molecule has 1 unspecified atom stereocenters. The maximum atomic E-state index is 4.78. The van der Waals surface area contributed by atoms with Gasteiger partial charge in [-0.15, -0.1) is 0 Å². The molecular weight excluding hydrogens is 252 g/mol. The Kier molecular flexibility index (Phi) is 3.23. The zero-order chi connectivity index (χ0) is 13.3. The first kappa shape index (κ1) is 12.5. The minimum atomic E-state index is 0.101. The van der Waals surface area contributed by atoms with E-state index in [-0.39, 0.29) is 5.54 Å². The largest absolute Gasteiger partial charge is 0.335 e. The summed E-state index contributed by atoms with van der Waals surface area (Å²) in [6.45, 7) is 4.41. The van der Waals surface area contributed by atoms with Crippen LogP contribution in [0.15, 0.2) is 47.5 Å². The van der Waals surface area contributed by atoms with E-state index >= 15 is 0 Å². The van der Waals surface area contributed by atoms with Gasteiger partial charge in [0, 0.05) is 11.4 Å². The number of thioether (sulfide) groups is 1. The Morgan fingerprint density at radius 3 is 2.74 bits per heavy atom. The highest BCUT2D eigenvalue weighted by molar-refractivity contribution is 8.14. The van der Waals surface area contributed by atoms with Gasteiger partial charge in [0.15, 0.2) is 5.17 Å². The summed E-state index contributed by atoms with van der Waals surface area (Å²) in [4.78, 5) is 4.78. The third-order valence-electron chi connectivity index (χ3n) is 3.65. The molecule has 0 spiro atoms. The molecular formula is C16H18N2S. The fraction of sp³-hybridized carbons (Fsp3) is 0.312. The number of nitrogens with zero attached hydrogens (tertiary/aromatic N) is 1. The SMILES string of the molecule is CCC1(C)CSC(Nc2ccc3ccccc3c2)=N1. The van der Waals surface area contributed by atoms with Crippen LogP contribution in [0.5, 0.6) is 0 Å². The smallest absolute Gasteiger partial charge is 0.161 e. The number of anilines is 1. The van der Waals surface area contributed by atoms with Gasteiger partial charge in [0.2, 0.25) is 0 Å². The Balaban J connectivity index is 1.84. The van der Waals surface area contributed by atoms with Gasteiger partial charge >= 0.3 is 0 Å². The van der Waals surface area contributed by atoms with E-state index in [0.29, 0.717) is 0 Å². The summed E-state index contributed by atoms with van der Waals surface area (Å²) in [7, 11) is 0. The van der Waals surface area contributed by atoms with Gasteiger partial charge < -0.3 is 5.32 Å². The molecule has 0 aliphatic carbocycles. The van der Waals surface area contributed by atoms with E-state index in [4.69, 9.17) is 4.99 Å². The molecule has 0 radical (unpaired) electrons. The molecule has 0 saturated carbocycles. The number of fused-ring (bicyclic) bond motifs is 1. The molecule has 2 aromatic rings. The van der Waals surface area contributed by atoms with Gasteiger partial charge in [0.25, 0.3) is 0 Å². The molecule has 1 N–H and O–H groups in total. The van der Waals surface area contributed by atoms with E-state index < -0.39 is 0 Å². The highest BCUT2D eigenvalue weighted by Crippen LogP contribution is 2.31. The topological polar surface area (TPSA) is 24.4 Å². The fourth-order valence-corrected chi connectivity index (χ4v) is 3.36. The number of hydrogen-bond acceptors (Lipinski definition) is 3. The lowest BCUT2D eigenvalue weighted by Gasteiger charge is -2.15. The highest BCUT2D eigenvalue weighted by atomic mass is 32.2. The molecule has 1 aliphatic rings. The van der Waals surface area contributed by atoms with Gasteiger partial charge in [-0.3, -0.25) is 4.99 Å². The van der Waals surface area contributed by atoms with Crippen LogP contribution < -0.4 is 5.32 Å². The van der Waals surface area contributed by atoms with Gasteiger partial charge in [0.1, 0.15) is 0 Å². The van der Waals surface area contributed by atoms with Gasteiger partial charge in [-0.05, 0) is 36.2 Å². The summed E-state index contributed by atoms with van der Waals surface area (Å²) >= 11 is 1.81. The Bertz CT molecular complexity index is 635. The van der Waals surface area contributed by atoms with Crippen molar-refractivity contribution in [3.05, 3.63) is 42.5 Å². The molecule has 1 aliphatic heterocycles. The summed E-state index contributed by atoms with van der Waals surface area (Å²) in [6.07, 6.45) is 1.09. The van der Waals surface area contributed by atoms with Crippen LogP contribution in [-0.4, -0.2) is 16.5 Å². The molecule has 0 bridgehead atoms. The van der Waals surface area contributed by atoms with E-state index in [1.807, 2.05) is 11.8 Å². The van der Waals surface area contributed by atoms with Crippen LogP contribution in [0.1, 0.15) is 20.3 Å². The van der Waals surface area contributed by atoms with Gasteiger partial charge in [-0.1, -0.05) is 49.0 Å². The van der Waals surface area contributed by atoms with Crippen molar-refractivity contribution in [3.63, 3.8) is 0 Å². The molecule has 0 aromatic heterocycles. The molecule has 3 heteroatoms. The van der Waals surface area contributed by atoms with Gasteiger partial charge in [-0.2, -0.15) is 0 Å². The fourth-order valence-electron chi connectivity index (χ4n) is 2.17. The highest BCUT2D eigenvalue weighted by Gasteiger charge is 2.28. The van der Waals surface area contributed by atoms with Crippen molar-refractivity contribution in [1.29, 1.82) is 0 Å². The van der Waals surface area contributed by atoms with Crippen LogP contribution in [0, 0.1) is 0 Å². The van der Waals surface area contributed by atoms with Crippen molar-refractivity contribution < 1.29 is 0 Å². The molecule has 0 saturated heterocycles. The Labute approximate surface area is 118 Å². The van der Waals surface area contributed by atoms with Crippen LogP contribution in [0.3, 0.4) is 0 Å². The number of aliphatic imine (C=N–C) groups is 1. The maximum Gasteiger partial charge on any atom is 0.161 e. The van der Waals surface area contributed by atoms with Crippen LogP contribution in [0.4, 0.5) is 5.69 Å². The van der Waals surface area contributed by atoms with Crippen molar-refractivity contribution in [2.45, 2.75) is 25.8 Å². The molecule has 3 rings (SSSR count). The molecule has 1 atom stereocenters. The zero-order valence-corrected chi connectivity index (χ0v) is 12.1. The molecule has 1 heterocycles. The third kappa shape index (κ3) is 2.61. The molecule has 0 amide bonds. The van der Waals surface area contributed by atoms with E-state index in [1.165, 1.54) is 10.8 Å². The first-order valence-electron chi connectivity index (χ1n) is 6.67. The molecule has 2 nitrogen and oxygen atoms in total. The van der Waals surface area contributed by atoms with E-state index in [2.05, 4.69) is 61.6 Å². The van der Waals surface area contributed by atoms with Crippen molar-refractivity contribution >= 4 is 33.4 Å². The lowest BCUT2D eigenvalue weighted by molar-refractivity contribution is 0.523. The van der Waals surface area contributed by atoms with Crippen LogP contribution in [-0.2, 0) is 0 Å². The van der Waals surface area contributed by atoms with Crippen molar-refractivity contribution in [2.75, 3.05) is 11.1 Å². The average Bonchev–Trinajstić information content (AvgIpc) is 2.81. The normalized spacial score (nSPS) is 22.5. The summed E-state index contributed by atoms with van der Waals surface area (Å²) < 4.78 is 0. The standard InChI is InChI=1S/C16H18N2S/c1-3-16(2)11-19-15(18-16)17-14-9-8-12-6-4-5-7-13(12)10-14/h4-10H,3,11H2,1-2H3,(H,17,18). The van der Waals surface area contributed by atoms with E-state index in [9.17, 15) is 0 Å². The van der Waals surface area contributed by atoms with Crippen LogP contribution in [0.2, 0.25) is 0 Å². The minimum absolute atomic E-state index is 0.101. The second kappa shape index (κ2) is 4.89. The first-order chi connectivity index (χ1) is 9.18. The third-order valence-corrected chi connectivity index (χ3v) is 4.89. The lowest BCUT2D eigenvalue weighted by atomic mass is 10.0. The molecule has 0 fully saturated rings. The van der Waals surface area contributed by atoms with Crippen molar-refractivity contribution in [2.24, 2.45) is 4.99 Å². The summed E-state index contributed by atoms with van der Waals surface area (Å²) in [5.41, 5.74) is 1.22. The summed E-state index contributed by atoms with van der Waals surface area (Å²) in [5, 5.41) is 7.01. The second-order valence-corrected chi connectivity index (χ2v) is 6.21. The quantitative estimate of drug-likeness (QED) is 0.867. The average molecular weight is 270 g/mol. The van der Waals surface area contributed by atoms with Crippen molar-refractivity contribution in [1.82, 2.24) is 0 Å². The Hall–Kier alpha value is -1.48. The maximum absolute atomic E-state index is 4.78. The monoisotopic (exact) mass is 270 g/mol. The molecule has 2 aromatic carbocycles. The lowest BCUT2D eigenvalue weighted by Crippen LogP contribution is -2.20.